The maximum Gasteiger partial charge on any atom is 0.145 e. The number of nitrogens with two attached hydrogens (primary N) is 1. The lowest BCUT2D eigenvalue weighted by Crippen LogP contribution is -2.35. The molecule has 0 bridgehead atoms. The maximum absolute atomic E-state index is 8.97. The summed E-state index contributed by atoms with van der Waals surface area (Å²) in [5.41, 5.74) is 4.97. The van der Waals surface area contributed by atoms with Crippen molar-refractivity contribution in [3.8, 4) is 0 Å². The van der Waals surface area contributed by atoms with Crippen molar-refractivity contribution >= 4 is 11.6 Å². The number of aliphatic hydroxyl groups is 1. The summed E-state index contributed by atoms with van der Waals surface area (Å²) in [6.45, 7) is 3.76. The fourth-order valence-electron chi connectivity index (χ4n) is 0.789. The second kappa shape index (κ2) is 3.57. The van der Waals surface area contributed by atoms with E-state index in [9.17, 15) is 0 Å². The van der Waals surface area contributed by atoms with Crippen LogP contribution in [0.3, 0.4) is 0 Å². The SMILES string of the molecule is CC(C)(CO)Nc1cnc(N)cn1. The van der Waals surface area contributed by atoms with Crippen molar-refractivity contribution in [2.45, 2.75) is 19.4 Å². The van der Waals surface area contributed by atoms with Crippen LogP contribution in [0.1, 0.15) is 13.8 Å². The summed E-state index contributed by atoms with van der Waals surface area (Å²) in [5.74, 6) is 0.987. The van der Waals surface area contributed by atoms with E-state index < -0.39 is 5.54 Å². The van der Waals surface area contributed by atoms with Gasteiger partial charge in [0.05, 0.1) is 24.5 Å². The zero-order valence-corrected chi connectivity index (χ0v) is 7.78. The molecule has 0 radical (unpaired) electrons. The van der Waals surface area contributed by atoms with Gasteiger partial charge in [-0.25, -0.2) is 9.97 Å². The number of nitrogens with one attached hydrogen (secondary N) is 1. The van der Waals surface area contributed by atoms with E-state index in [1.165, 1.54) is 12.4 Å². The van der Waals surface area contributed by atoms with E-state index in [0.29, 0.717) is 11.6 Å². The van der Waals surface area contributed by atoms with Crippen molar-refractivity contribution in [3.05, 3.63) is 12.4 Å². The van der Waals surface area contributed by atoms with Gasteiger partial charge in [-0.15, -0.1) is 0 Å². The molecule has 0 amide bonds. The smallest absolute Gasteiger partial charge is 0.145 e. The molecular formula is C8H14N4O. The molecule has 0 saturated heterocycles. The van der Waals surface area contributed by atoms with Crippen molar-refractivity contribution < 1.29 is 5.11 Å². The molecule has 0 aliphatic rings. The van der Waals surface area contributed by atoms with E-state index in [2.05, 4.69) is 15.3 Å². The van der Waals surface area contributed by atoms with Gasteiger partial charge in [-0.2, -0.15) is 0 Å². The molecule has 0 aliphatic heterocycles. The zero-order chi connectivity index (χ0) is 9.90. The van der Waals surface area contributed by atoms with Gasteiger partial charge in [0.2, 0.25) is 0 Å². The van der Waals surface area contributed by atoms with Gasteiger partial charge in [0.15, 0.2) is 0 Å². The quantitative estimate of drug-likeness (QED) is 0.623. The summed E-state index contributed by atoms with van der Waals surface area (Å²) in [6.07, 6.45) is 3.00. The van der Waals surface area contributed by atoms with Gasteiger partial charge in [-0.3, -0.25) is 0 Å². The van der Waals surface area contributed by atoms with Crippen molar-refractivity contribution in [2.24, 2.45) is 0 Å². The Bertz CT molecular complexity index is 270. The van der Waals surface area contributed by atoms with Crippen molar-refractivity contribution in [2.75, 3.05) is 17.7 Å². The van der Waals surface area contributed by atoms with E-state index >= 15 is 0 Å². The molecular weight excluding hydrogens is 168 g/mol. The Kier molecular flexibility index (Phi) is 2.67. The summed E-state index contributed by atoms with van der Waals surface area (Å²) in [4.78, 5) is 7.87. The molecule has 0 aromatic carbocycles. The molecule has 0 spiro atoms. The highest BCUT2D eigenvalue weighted by atomic mass is 16.3. The zero-order valence-electron chi connectivity index (χ0n) is 7.78. The monoisotopic (exact) mass is 182 g/mol. The average Bonchev–Trinajstić information content (AvgIpc) is 2.09. The number of nitrogen functional groups attached to an aromatic ring is 1. The molecule has 1 aromatic heterocycles. The van der Waals surface area contributed by atoms with Gasteiger partial charge in [-0.05, 0) is 13.8 Å². The van der Waals surface area contributed by atoms with Crippen LogP contribution in [-0.4, -0.2) is 27.2 Å². The third-order valence-corrected chi connectivity index (χ3v) is 1.53. The minimum Gasteiger partial charge on any atom is -0.394 e. The van der Waals surface area contributed by atoms with Gasteiger partial charge in [0.25, 0.3) is 0 Å². The number of hydrogen-bond donors (Lipinski definition) is 3. The van der Waals surface area contributed by atoms with Gasteiger partial charge in [0, 0.05) is 0 Å². The predicted molar refractivity (Wildman–Crippen MR) is 51.2 cm³/mol. The van der Waals surface area contributed by atoms with Crippen LogP contribution in [0.4, 0.5) is 11.6 Å². The summed E-state index contributed by atoms with van der Waals surface area (Å²) in [5, 5.41) is 12.0. The molecule has 1 aromatic rings. The van der Waals surface area contributed by atoms with Gasteiger partial charge in [-0.1, -0.05) is 0 Å². The lowest BCUT2D eigenvalue weighted by molar-refractivity contribution is 0.234. The van der Waals surface area contributed by atoms with E-state index in [0.717, 1.165) is 0 Å². The number of aromatic nitrogens is 2. The lowest BCUT2D eigenvalue weighted by atomic mass is 10.1. The highest BCUT2D eigenvalue weighted by Crippen LogP contribution is 2.10. The fourth-order valence-corrected chi connectivity index (χ4v) is 0.789. The Labute approximate surface area is 77.0 Å². The Hall–Kier alpha value is -1.36. The average molecular weight is 182 g/mol. The Morgan fingerprint density at radius 2 is 2.15 bits per heavy atom. The normalized spacial score (nSPS) is 11.3. The molecule has 0 saturated carbocycles. The first-order valence-corrected chi connectivity index (χ1v) is 4.00. The molecule has 1 heterocycles. The van der Waals surface area contributed by atoms with Gasteiger partial charge < -0.3 is 16.2 Å². The highest BCUT2D eigenvalue weighted by Gasteiger charge is 2.15. The molecule has 0 atom stereocenters. The largest absolute Gasteiger partial charge is 0.394 e. The van der Waals surface area contributed by atoms with E-state index in [-0.39, 0.29) is 6.61 Å². The Morgan fingerprint density at radius 3 is 2.62 bits per heavy atom. The standard InChI is InChI=1S/C8H14N4O/c1-8(2,5-13)12-7-4-10-6(9)3-11-7/h3-4,13H,5H2,1-2H3,(H2,9,10)(H,11,12). The Balaban J connectivity index is 2.69. The van der Waals surface area contributed by atoms with Crippen LogP contribution < -0.4 is 11.1 Å². The van der Waals surface area contributed by atoms with E-state index in [1.54, 1.807) is 0 Å². The second-order valence-electron chi connectivity index (χ2n) is 3.49. The summed E-state index contributed by atoms with van der Waals surface area (Å²) >= 11 is 0. The third-order valence-electron chi connectivity index (χ3n) is 1.53. The fraction of sp³-hybridized carbons (Fsp3) is 0.500. The van der Waals surface area contributed by atoms with Gasteiger partial charge >= 0.3 is 0 Å². The molecule has 1 rings (SSSR count). The molecule has 72 valence electrons. The van der Waals surface area contributed by atoms with Crippen molar-refractivity contribution in [1.82, 2.24) is 9.97 Å². The minimum absolute atomic E-state index is 0.0268. The number of aliphatic hydroxyl groups excluding tert-OH is 1. The first kappa shape index (κ1) is 9.73. The number of hydrogen-bond acceptors (Lipinski definition) is 5. The van der Waals surface area contributed by atoms with Crippen LogP contribution in [0.5, 0.6) is 0 Å². The highest BCUT2D eigenvalue weighted by molar-refractivity contribution is 5.38. The van der Waals surface area contributed by atoms with E-state index in [4.69, 9.17) is 10.8 Å². The van der Waals surface area contributed by atoms with Gasteiger partial charge in [0.1, 0.15) is 11.6 Å². The van der Waals surface area contributed by atoms with E-state index in [1.807, 2.05) is 13.8 Å². The topological polar surface area (TPSA) is 84.1 Å². The number of nitrogens with zero attached hydrogens (tertiary/aromatic N) is 2. The molecule has 5 heteroatoms. The van der Waals surface area contributed by atoms with Crippen LogP contribution in [0.25, 0.3) is 0 Å². The number of anilines is 2. The van der Waals surface area contributed by atoms with Crippen LogP contribution >= 0.6 is 0 Å². The summed E-state index contributed by atoms with van der Waals surface area (Å²) < 4.78 is 0. The van der Waals surface area contributed by atoms with Crippen LogP contribution in [-0.2, 0) is 0 Å². The summed E-state index contributed by atoms with van der Waals surface area (Å²) in [7, 11) is 0. The first-order valence-electron chi connectivity index (χ1n) is 4.00. The summed E-state index contributed by atoms with van der Waals surface area (Å²) in [6, 6.07) is 0. The van der Waals surface area contributed by atoms with Crippen molar-refractivity contribution in [1.29, 1.82) is 0 Å². The van der Waals surface area contributed by atoms with Crippen LogP contribution in [0, 0.1) is 0 Å². The van der Waals surface area contributed by atoms with Crippen LogP contribution in [0.15, 0.2) is 12.4 Å². The first-order chi connectivity index (χ1) is 6.03. The molecule has 4 N–H and O–H groups in total. The molecule has 0 fully saturated rings. The number of rotatable bonds is 3. The third kappa shape index (κ3) is 2.87. The van der Waals surface area contributed by atoms with Crippen LogP contribution in [0.2, 0.25) is 0 Å². The maximum atomic E-state index is 8.97. The minimum atomic E-state index is -0.398. The molecule has 0 aliphatic carbocycles. The molecule has 0 unspecified atom stereocenters. The molecule has 5 nitrogen and oxygen atoms in total. The predicted octanol–water partition coefficient (Wildman–Crippen LogP) is 0.242. The van der Waals surface area contributed by atoms with Crippen molar-refractivity contribution in [3.63, 3.8) is 0 Å². The Morgan fingerprint density at radius 1 is 1.46 bits per heavy atom. The second-order valence-corrected chi connectivity index (χ2v) is 3.49. The molecule has 13 heavy (non-hydrogen) atoms. The lowest BCUT2D eigenvalue weighted by Gasteiger charge is -2.23.